The van der Waals surface area contributed by atoms with Gasteiger partial charge < -0.3 is 14.9 Å². The monoisotopic (exact) mass is 260 g/mol. The minimum absolute atomic E-state index is 0.541. The summed E-state index contributed by atoms with van der Waals surface area (Å²) < 4.78 is 11.2. The summed E-state index contributed by atoms with van der Waals surface area (Å²) in [6.07, 6.45) is 2.42. The van der Waals surface area contributed by atoms with E-state index in [2.05, 4.69) is 24.9 Å². The lowest BCUT2D eigenvalue weighted by Gasteiger charge is -2.14. The topological polar surface area (TPSA) is 61.3 Å². The molecule has 0 fully saturated rings. The molecule has 19 heavy (non-hydrogen) atoms. The van der Waals surface area contributed by atoms with Crippen LogP contribution in [0.25, 0.3) is 11.3 Å². The van der Waals surface area contributed by atoms with Gasteiger partial charge in [-0.25, -0.2) is 4.98 Å². The van der Waals surface area contributed by atoms with Gasteiger partial charge in [-0.3, -0.25) is 0 Å². The maximum Gasteiger partial charge on any atom is 0.196 e. The number of ether oxygens (including phenoxy) is 1. The zero-order valence-electron chi connectivity index (χ0n) is 11.9. The summed E-state index contributed by atoms with van der Waals surface area (Å²) in [7, 11) is 1.70. The quantitative estimate of drug-likeness (QED) is 0.918. The summed E-state index contributed by atoms with van der Waals surface area (Å²) in [6.45, 7) is 6.70. The van der Waals surface area contributed by atoms with Crippen LogP contribution in [0.3, 0.4) is 0 Å². The van der Waals surface area contributed by atoms with Gasteiger partial charge in [0.15, 0.2) is 11.7 Å². The molecule has 0 spiro atoms. The Morgan fingerprint density at radius 1 is 1.26 bits per heavy atom. The lowest BCUT2D eigenvalue weighted by molar-refractivity contribution is 0.408. The van der Waals surface area contributed by atoms with Crippen molar-refractivity contribution >= 4 is 0 Å². The molecule has 0 atom stereocenters. The summed E-state index contributed by atoms with van der Waals surface area (Å²) in [5.74, 6) is 2.40. The Morgan fingerprint density at radius 2 is 2.00 bits per heavy atom. The molecular formula is C15H20N2O2. The minimum Gasteiger partial charge on any atom is -0.496 e. The Hall–Kier alpha value is -1.81. The van der Waals surface area contributed by atoms with E-state index < -0.39 is 0 Å². The van der Waals surface area contributed by atoms with Gasteiger partial charge in [-0.2, -0.15) is 0 Å². The van der Waals surface area contributed by atoms with Gasteiger partial charge in [-0.15, -0.1) is 0 Å². The molecule has 4 nitrogen and oxygen atoms in total. The first-order valence-corrected chi connectivity index (χ1v) is 6.38. The molecule has 0 bridgehead atoms. The van der Waals surface area contributed by atoms with Crippen LogP contribution in [0.4, 0.5) is 0 Å². The molecule has 2 rings (SSSR count). The predicted molar refractivity (Wildman–Crippen MR) is 75.5 cm³/mol. The molecule has 0 amide bonds. The molecule has 0 unspecified atom stereocenters. The van der Waals surface area contributed by atoms with Crippen LogP contribution in [0.5, 0.6) is 5.75 Å². The van der Waals surface area contributed by atoms with Crippen molar-refractivity contribution in [2.45, 2.75) is 27.2 Å². The number of aryl methyl sites for hydroxylation is 1. The maximum absolute atomic E-state index is 5.74. The van der Waals surface area contributed by atoms with E-state index in [1.165, 1.54) is 0 Å². The molecule has 0 aliphatic rings. The molecule has 0 radical (unpaired) electrons. The molecule has 1 aromatic carbocycles. The number of nitrogens with two attached hydrogens (primary N) is 1. The molecule has 102 valence electrons. The zero-order valence-corrected chi connectivity index (χ0v) is 11.9. The van der Waals surface area contributed by atoms with Gasteiger partial charge in [0.25, 0.3) is 0 Å². The maximum atomic E-state index is 5.74. The summed E-state index contributed by atoms with van der Waals surface area (Å²) in [6, 6.07) is 2.08. The van der Waals surface area contributed by atoms with Gasteiger partial charge in [0.2, 0.25) is 0 Å². The second-order valence-corrected chi connectivity index (χ2v) is 4.68. The van der Waals surface area contributed by atoms with Crippen molar-refractivity contribution in [3.63, 3.8) is 0 Å². The SMILES string of the molecule is COc1c(C)cc(-c2cnc(CCN)o2)c(C)c1C. The Morgan fingerprint density at radius 3 is 2.63 bits per heavy atom. The molecule has 0 saturated carbocycles. The highest BCUT2D eigenvalue weighted by Gasteiger charge is 2.15. The van der Waals surface area contributed by atoms with Crippen LogP contribution < -0.4 is 10.5 Å². The van der Waals surface area contributed by atoms with E-state index in [0.717, 1.165) is 33.8 Å². The van der Waals surface area contributed by atoms with Gasteiger partial charge in [0, 0.05) is 18.5 Å². The second kappa shape index (κ2) is 5.45. The lowest BCUT2D eigenvalue weighted by Crippen LogP contribution is -2.02. The lowest BCUT2D eigenvalue weighted by atomic mass is 9.97. The van der Waals surface area contributed by atoms with E-state index in [1.54, 1.807) is 13.3 Å². The fourth-order valence-corrected chi connectivity index (χ4v) is 2.30. The molecule has 0 aliphatic heterocycles. The van der Waals surface area contributed by atoms with Gasteiger partial charge in [0.1, 0.15) is 5.75 Å². The van der Waals surface area contributed by atoms with Crippen molar-refractivity contribution in [1.29, 1.82) is 0 Å². The van der Waals surface area contributed by atoms with Crippen molar-refractivity contribution in [3.8, 4) is 17.1 Å². The number of rotatable bonds is 4. The summed E-state index contributed by atoms with van der Waals surface area (Å²) in [5.41, 5.74) is 9.95. The highest BCUT2D eigenvalue weighted by atomic mass is 16.5. The third-order valence-electron chi connectivity index (χ3n) is 3.41. The number of aromatic nitrogens is 1. The van der Waals surface area contributed by atoms with Crippen LogP contribution in [-0.2, 0) is 6.42 Å². The number of hydrogen-bond donors (Lipinski definition) is 1. The highest BCUT2D eigenvalue weighted by Crippen LogP contribution is 2.34. The van der Waals surface area contributed by atoms with Gasteiger partial charge in [-0.1, -0.05) is 0 Å². The third-order valence-corrected chi connectivity index (χ3v) is 3.41. The smallest absolute Gasteiger partial charge is 0.196 e. The molecule has 4 heteroatoms. The first-order chi connectivity index (χ1) is 9.08. The largest absolute Gasteiger partial charge is 0.496 e. The normalized spacial score (nSPS) is 10.8. The van der Waals surface area contributed by atoms with E-state index in [1.807, 2.05) is 6.92 Å². The number of benzene rings is 1. The summed E-state index contributed by atoms with van der Waals surface area (Å²) in [4.78, 5) is 4.25. The highest BCUT2D eigenvalue weighted by molar-refractivity contribution is 5.67. The number of oxazole rings is 1. The van der Waals surface area contributed by atoms with Gasteiger partial charge >= 0.3 is 0 Å². The first kappa shape index (κ1) is 13.6. The van der Waals surface area contributed by atoms with Crippen molar-refractivity contribution in [3.05, 3.63) is 34.8 Å². The Kier molecular flexibility index (Phi) is 3.90. The second-order valence-electron chi connectivity index (χ2n) is 4.68. The molecule has 2 aromatic rings. The zero-order chi connectivity index (χ0) is 14.0. The summed E-state index contributed by atoms with van der Waals surface area (Å²) >= 11 is 0. The number of nitrogens with zero attached hydrogens (tertiary/aromatic N) is 1. The van der Waals surface area contributed by atoms with Crippen LogP contribution in [0.2, 0.25) is 0 Å². The molecule has 1 aromatic heterocycles. The fourth-order valence-electron chi connectivity index (χ4n) is 2.30. The van der Waals surface area contributed by atoms with Crippen molar-refractivity contribution in [2.75, 3.05) is 13.7 Å². The Bertz CT molecular complexity index is 588. The van der Waals surface area contributed by atoms with Crippen LogP contribution in [0.1, 0.15) is 22.6 Å². The van der Waals surface area contributed by atoms with E-state index in [0.29, 0.717) is 18.9 Å². The average Bonchev–Trinajstić information content (AvgIpc) is 2.83. The van der Waals surface area contributed by atoms with Gasteiger partial charge in [0.05, 0.1) is 13.3 Å². The first-order valence-electron chi connectivity index (χ1n) is 6.38. The summed E-state index contributed by atoms with van der Waals surface area (Å²) in [5, 5.41) is 0. The Labute approximate surface area is 113 Å². The Balaban J connectivity index is 2.50. The molecule has 2 N–H and O–H groups in total. The van der Waals surface area contributed by atoms with E-state index in [4.69, 9.17) is 14.9 Å². The fraction of sp³-hybridized carbons (Fsp3) is 0.400. The van der Waals surface area contributed by atoms with E-state index >= 15 is 0 Å². The molecule has 0 aliphatic carbocycles. The molecule has 0 saturated heterocycles. The van der Waals surface area contributed by atoms with Crippen molar-refractivity contribution in [2.24, 2.45) is 5.73 Å². The average molecular weight is 260 g/mol. The number of methoxy groups -OCH3 is 1. The van der Waals surface area contributed by atoms with E-state index in [-0.39, 0.29) is 0 Å². The van der Waals surface area contributed by atoms with Crippen LogP contribution in [0.15, 0.2) is 16.7 Å². The van der Waals surface area contributed by atoms with Crippen molar-refractivity contribution in [1.82, 2.24) is 4.98 Å². The third kappa shape index (κ3) is 2.49. The standard InChI is InChI=1S/C15H20N2O2/c1-9-7-12(10(2)11(3)15(9)18-4)13-8-17-14(19-13)5-6-16/h7-8H,5-6,16H2,1-4H3. The van der Waals surface area contributed by atoms with Crippen LogP contribution in [-0.4, -0.2) is 18.6 Å². The molecule has 1 heterocycles. The van der Waals surface area contributed by atoms with Crippen LogP contribution >= 0.6 is 0 Å². The molecular weight excluding hydrogens is 240 g/mol. The number of hydrogen-bond acceptors (Lipinski definition) is 4. The predicted octanol–water partition coefficient (Wildman–Crippen LogP) is 2.78. The minimum atomic E-state index is 0.541. The van der Waals surface area contributed by atoms with E-state index in [9.17, 15) is 0 Å². The van der Waals surface area contributed by atoms with Crippen molar-refractivity contribution < 1.29 is 9.15 Å². The van der Waals surface area contributed by atoms with Gasteiger partial charge in [-0.05, 0) is 43.5 Å². The van der Waals surface area contributed by atoms with Crippen LogP contribution in [0, 0.1) is 20.8 Å².